The van der Waals surface area contributed by atoms with E-state index >= 15 is 0 Å². The van der Waals surface area contributed by atoms with Crippen LogP contribution in [0.1, 0.15) is 13.8 Å². The first kappa shape index (κ1) is 13.6. The zero-order chi connectivity index (χ0) is 13.8. The normalized spacial score (nSPS) is 10.5. The van der Waals surface area contributed by atoms with E-state index in [1.54, 1.807) is 0 Å². The first-order valence-electron chi connectivity index (χ1n) is 6.14. The lowest BCUT2D eigenvalue weighted by molar-refractivity contribution is 0.244. The number of ether oxygens (including phenoxy) is 1. The van der Waals surface area contributed by atoms with Gasteiger partial charge >= 0.3 is 0 Å². The molecule has 19 heavy (non-hydrogen) atoms. The predicted octanol–water partition coefficient (Wildman–Crippen LogP) is 4.45. The van der Waals surface area contributed by atoms with E-state index in [0.717, 1.165) is 11.4 Å². The van der Waals surface area contributed by atoms with Gasteiger partial charge in [0.2, 0.25) is 0 Å². The monoisotopic (exact) mass is 276 g/mol. The second-order valence-corrected chi connectivity index (χ2v) is 4.93. The number of anilines is 3. The summed E-state index contributed by atoms with van der Waals surface area (Å²) in [6.45, 7) is 3.93. The summed E-state index contributed by atoms with van der Waals surface area (Å²) in [6.07, 6.45) is 0.0814. The van der Waals surface area contributed by atoms with Gasteiger partial charge in [0.05, 0.1) is 22.5 Å². The van der Waals surface area contributed by atoms with Crippen LogP contribution in [0.2, 0.25) is 5.02 Å². The van der Waals surface area contributed by atoms with Crippen LogP contribution in [0.5, 0.6) is 5.75 Å². The third-order valence-electron chi connectivity index (χ3n) is 2.53. The summed E-state index contributed by atoms with van der Waals surface area (Å²) in [5.74, 6) is 0.673. The maximum absolute atomic E-state index is 6.11. The highest BCUT2D eigenvalue weighted by atomic mass is 35.5. The van der Waals surface area contributed by atoms with Gasteiger partial charge in [-0.1, -0.05) is 23.7 Å². The third-order valence-corrected chi connectivity index (χ3v) is 2.86. The van der Waals surface area contributed by atoms with Crippen LogP contribution in [0.25, 0.3) is 0 Å². The molecule has 3 N–H and O–H groups in total. The van der Waals surface area contributed by atoms with Crippen molar-refractivity contribution in [3.05, 3.63) is 47.5 Å². The highest BCUT2D eigenvalue weighted by Crippen LogP contribution is 2.30. The van der Waals surface area contributed by atoms with Gasteiger partial charge in [0.15, 0.2) is 0 Å². The van der Waals surface area contributed by atoms with Crippen molar-refractivity contribution in [1.82, 2.24) is 0 Å². The molecule has 0 aliphatic rings. The van der Waals surface area contributed by atoms with E-state index in [2.05, 4.69) is 5.32 Å². The number of nitrogen functional groups attached to an aromatic ring is 1. The fraction of sp³-hybridized carbons (Fsp3) is 0.200. The Kier molecular flexibility index (Phi) is 4.17. The van der Waals surface area contributed by atoms with Crippen molar-refractivity contribution in [3.8, 4) is 5.75 Å². The van der Waals surface area contributed by atoms with Crippen molar-refractivity contribution in [3.63, 3.8) is 0 Å². The van der Waals surface area contributed by atoms with Gasteiger partial charge in [-0.05, 0) is 38.1 Å². The third kappa shape index (κ3) is 3.55. The van der Waals surface area contributed by atoms with E-state index in [1.165, 1.54) is 0 Å². The number of nitrogens with two attached hydrogens (primary N) is 1. The Bertz CT molecular complexity index is 570. The van der Waals surface area contributed by atoms with Gasteiger partial charge in [-0.25, -0.2) is 0 Å². The Hall–Kier alpha value is -1.87. The molecule has 0 unspecified atom stereocenters. The van der Waals surface area contributed by atoms with Crippen molar-refractivity contribution in [2.75, 3.05) is 11.1 Å². The smallest absolute Gasteiger partial charge is 0.144 e. The quantitative estimate of drug-likeness (QED) is 0.811. The maximum Gasteiger partial charge on any atom is 0.144 e. The molecule has 0 saturated carbocycles. The van der Waals surface area contributed by atoms with E-state index in [4.69, 9.17) is 22.1 Å². The summed E-state index contributed by atoms with van der Waals surface area (Å²) in [7, 11) is 0. The number of benzene rings is 2. The topological polar surface area (TPSA) is 47.3 Å². The SMILES string of the molecule is CC(C)Oc1cc(Nc2ccccc2Cl)ccc1N. The minimum absolute atomic E-state index is 0.0814. The van der Waals surface area contributed by atoms with E-state index in [1.807, 2.05) is 56.3 Å². The van der Waals surface area contributed by atoms with Gasteiger partial charge in [0.25, 0.3) is 0 Å². The van der Waals surface area contributed by atoms with Gasteiger partial charge < -0.3 is 15.8 Å². The van der Waals surface area contributed by atoms with E-state index in [0.29, 0.717) is 16.5 Å². The first-order chi connectivity index (χ1) is 9.06. The molecular formula is C15H17ClN2O. The van der Waals surface area contributed by atoms with E-state index in [-0.39, 0.29) is 6.10 Å². The summed E-state index contributed by atoms with van der Waals surface area (Å²) in [6, 6.07) is 13.2. The number of rotatable bonds is 4. The van der Waals surface area contributed by atoms with Gasteiger partial charge in [-0.15, -0.1) is 0 Å². The summed E-state index contributed by atoms with van der Waals surface area (Å²) < 4.78 is 5.66. The standard InChI is InChI=1S/C15H17ClN2O/c1-10(2)19-15-9-11(7-8-13(15)17)18-14-6-4-3-5-12(14)16/h3-10,18H,17H2,1-2H3. The minimum Gasteiger partial charge on any atom is -0.489 e. The average Bonchev–Trinajstić information content (AvgIpc) is 2.35. The molecule has 0 radical (unpaired) electrons. The van der Waals surface area contributed by atoms with Crippen LogP contribution in [0.3, 0.4) is 0 Å². The summed E-state index contributed by atoms with van der Waals surface area (Å²) in [5, 5.41) is 3.92. The molecule has 0 bridgehead atoms. The Labute approximate surface area is 118 Å². The molecule has 3 nitrogen and oxygen atoms in total. The molecule has 0 amide bonds. The summed E-state index contributed by atoms with van der Waals surface area (Å²) >= 11 is 6.11. The second-order valence-electron chi connectivity index (χ2n) is 4.52. The van der Waals surface area contributed by atoms with Crippen molar-refractivity contribution in [1.29, 1.82) is 0 Å². The highest BCUT2D eigenvalue weighted by Gasteiger charge is 2.06. The Morgan fingerprint density at radius 3 is 2.58 bits per heavy atom. The van der Waals surface area contributed by atoms with Gasteiger partial charge in [0, 0.05) is 11.8 Å². The lowest BCUT2D eigenvalue weighted by atomic mass is 10.2. The molecule has 0 spiro atoms. The lowest BCUT2D eigenvalue weighted by Crippen LogP contribution is -2.07. The van der Waals surface area contributed by atoms with Crippen LogP contribution in [-0.2, 0) is 0 Å². The van der Waals surface area contributed by atoms with Gasteiger partial charge in [-0.2, -0.15) is 0 Å². The van der Waals surface area contributed by atoms with Gasteiger partial charge in [0.1, 0.15) is 5.75 Å². The fourth-order valence-corrected chi connectivity index (χ4v) is 1.87. The zero-order valence-electron chi connectivity index (χ0n) is 11.0. The molecule has 0 aliphatic heterocycles. The zero-order valence-corrected chi connectivity index (χ0v) is 11.7. The summed E-state index contributed by atoms with van der Waals surface area (Å²) in [5.41, 5.74) is 8.24. The molecule has 0 fully saturated rings. The van der Waals surface area contributed by atoms with E-state index in [9.17, 15) is 0 Å². The Morgan fingerprint density at radius 2 is 1.89 bits per heavy atom. The largest absolute Gasteiger partial charge is 0.489 e. The molecule has 0 saturated heterocycles. The average molecular weight is 277 g/mol. The molecular weight excluding hydrogens is 260 g/mol. The number of para-hydroxylation sites is 1. The molecule has 0 heterocycles. The van der Waals surface area contributed by atoms with Gasteiger partial charge in [-0.3, -0.25) is 0 Å². The number of nitrogens with one attached hydrogen (secondary N) is 1. The minimum atomic E-state index is 0.0814. The van der Waals surface area contributed by atoms with Crippen molar-refractivity contribution >= 4 is 28.7 Å². The Balaban J connectivity index is 2.24. The van der Waals surface area contributed by atoms with Crippen LogP contribution in [0.4, 0.5) is 17.1 Å². The van der Waals surface area contributed by atoms with Crippen molar-refractivity contribution in [2.24, 2.45) is 0 Å². The molecule has 0 atom stereocenters. The highest BCUT2D eigenvalue weighted by molar-refractivity contribution is 6.33. The van der Waals surface area contributed by atoms with Crippen LogP contribution in [0, 0.1) is 0 Å². The summed E-state index contributed by atoms with van der Waals surface area (Å²) in [4.78, 5) is 0. The molecule has 0 aliphatic carbocycles. The molecule has 0 aromatic heterocycles. The van der Waals surface area contributed by atoms with E-state index < -0.39 is 0 Å². The van der Waals surface area contributed by atoms with Crippen LogP contribution in [-0.4, -0.2) is 6.10 Å². The molecule has 2 aromatic carbocycles. The number of hydrogen-bond acceptors (Lipinski definition) is 3. The van der Waals surface area contributed by atoms with Crippen LogP contribution < -0.4 is 15.8 Å². The maximum atomic E-state index is 6.11. The molecule has 2 rings (SSSR count). The van der Waals surface area contributed by atoms with Crippen LogP contribution >= 0.6 is 11.6 Å². The van der Waals surface area contributed by atoms with Crippen LogP contribution in [0.15, 0.2) is 42.5 Å². The lowest BCUT2D eigenvalue weighted by Gasteiger charge is -2.14. The number of hydrogen-bond donors (Lipinski definition) is 2. The first-order valence-corrected chi connectivity index (χ1v) is 6.52. The number of halogens is 1. The second kappa shape index (κ2) is 5.85. The fourth-order valence-electron chi connectivity index (χ4n) is 1.69. The molecule has 100 valence electrons. The molecule has 4 heteroatoms. The molecule has 2 aromatic rings. The predicted molar refractivity (Wildman–Crippen MR) is 81.4 cm³/mol. The van der Waals surface area contributed by atoms with Crippen molar-refractivity contribution < 1.29 is 4.74 Å². The Morgan fingerprint density at radius 1 is 1.16 bits per heavy atom. The van der Waals surface area contributed by atoms with Crippen molar-refractivity contribution in [2.45, 2.75) is 20.0 Å².